The second-order valence-electron chi connectivity index (χ2n) is 6.74. The van der Waals surface area contributed by atoms with E-state index >= 15 is 0 Å². The van der Waals surface area contributed by atoms with Gasteiger partial charge in [0.1, 0.15) is 11.6 Å². The molecule has 146 valence electrons. The molecule has 0 aliphatic rings. The van der Waals surface area contributed by atoms with Crippen molar-refractivity contribution in [2.24, 2.45) is 5.10 Å². The summed E-state index contributed by atoms with van der Waals surface area (Å²) >= 11 is 12.7. The number of aromatic nitrogens is 1. The van der Waals surface area contributed by atoms with Crippen LogP contribution in [0.25, 0.3) is 33.2 Å². The Morgan fingerprint density at radius 3 is 2.50 bits per heavy atom. The van der Waals surface area contributed by atoms with Crippen molar-refractivity contribution in [1.82, 2.24) is 4.98 Å². The van der Waals surface area contributed by atoms with E-state index in [9.17, 15) is 0 Å². The summed E-state index contributed by atoms with van der Waals surface area (Å²) in [5, 5.41) is 7.95. The summed E-state index contributed by atoms with van der Waals surface area (Å²) in [6, 6.07) is 26.9. The third-order valence-electron chi connectivity index (χ3n) is 4.71. The van der Waals surface area contributed by atoms with Crippen LogP contribution >= 0.6 is 23.2 Å². The van der Waals surface area contributed by atoms with E-state index in [2.05, 4.69) is 15.5 Å². The first kappa shape index (κ1) is 18.7. The normalized spacial score (nSPS) is 11.9. The Balaban J connectivity index is 1.67. The van der Waals surface area contributed by atoms with Gasteiger partial charge in [-0.25, -0.2) is 4.98 Å². The van der Waals surface area contributed by atoms with E-state index in [1.54, 1.807) is 12.1 Å². The summed E-state index contributed by atoms with van der Waals surface area (Å²) in [5.41, 5.74) is 5.38. The van der Waals surface area contributed by atoms with Crippen molar-refractivity contribution >= 4 is 50.9 Å². The highest BCUT2D eigenvalue weighted by molar-refractivity contribution is 6.38. The van der Waals surface area contributed by atoms with Gasteiger partial charge in [0.25, 0.3) is 0 Å². The Morgan fingerprint density at radius 1 is 0.833 bits per heavy atom. The summed E-state index contributed by atoms with van der Waals surface area (Å²) in [4.78, 5) is 4.61. The summed E-state index contributed by atoms with van der Waals surface area (Å²) in [6.07, 6.45) is 0. The molecule has 4 nitrogen and oxygen atoms in total. The quantitative estimate of drug-likeness (QED) is 0.316. The van der Waals surface area contributed by atoms with Gasteiger partial charge >= 0.3 is 0 Å². The maximum Gasteiger partial charge on any atom is 0.155 e. The van der Waals surface area contributed by atoms with Crippen LogP contribution in [0, 0.1) is 0 Å². The van der Waals surface area contributed by atoms with Gasteiger partial charge in [-0.2, -0.15) is 5.10 Å². The van der Waals surface area contributed by atoms with Gasteiger partial charge in [-0.3, -0.25) is 5.43 Å². The van der Waals surface area contributed by atoms with Gasteiger partial charge in [0.05, 0.1) is 15.9 Å². The molecule has 0 amide bonds. The second-order valence-corrected chi connectivity index (χ2v) is 7.58. The van der Waals surface area contributed by atoms with Crippen LogP contribution in [-0.4, -0.2) is 4.98 Å². The van der Waals surface area contributed by atoms with Crippen molar-refractivity contribution < 1.29 is 4.42 Å². The van der Waals surface area contributed by atoms with E-state index in [0.29, 0.717) is 37.9 Å². The minimum Gasteiger partial charge on any atom is -0.454 e. The second kappa shape index (κ2) is 7.82. The van der Waals surface area contributed by atoms with Gasteiger partial charge in [0, 0.05) is 27.4 Å². The van der Waals surface area contributed by atoms with Crippen molar-refractivity contribution in [3.63, 3.8) is 0 Å². The van der Waals surface area contributed by atoms with Gasteiger partial charge < -0.3 is 4.42 Å². The molecule has 1 N–H and O–H groups in total. The lowest BCUT2D eigenvalue weighted by atomic mass is 10.1. The van der Waals surface area contributed by atoms with Crippen molar-refractivity contribution in [3.8, 4) is 11.3 Å². The third kappa shape index (κ3) is 3.63. The molecule has 2 aromatic heterocycles. The van der Waals surface area contributed by atoms with Crippen molar-refractivity contribution in [3.05, 3.63) is 100 Å². The molecule has 0 bridgehead atoms. The molecule has 5 aromatic rings. The maximum absolute atomic E-state index is 6.42. The van der Waals surface area contributed by atoms with Gasteiger partial charge in [-0.05, 0) is 30.3 Å². The predicted octanol–water partition coefficient (Wildman–Crippen LogP) is 6.88. The summed E-state index contributed by atoms with van der Waals surface area (Å²) in [5.74, 6) is 1.29. The number of fused-ring (bicyclic) bond motifs is 2. The van der Waals surface area contributed by atoms with E-state index < -0.39 is 0 Å². The van der Waals surface area contributed by atoms with Crippen LogP contribution in [0.15, 0.2) is 94.4 Å². The number of hydrogen-bond acceptors (Lipinski definition) is 4. The molecule has 30 heavy (non-hydrogen) atoms. The molecule has 0 aliphatic carbocycles. The number of nitrogens with zero attached hydrogens (tertiary/aromatic N) is 2. The summed E-state index contributed by atoms with van der Waals surface area (Å²) < 4.78 is 6.09. The third-order valence-corrected chi connectivity index (χ3v) is 5.21. The summed E-state index contributed by atoms with van der Waals surface area (Å²) in [6.45, 7) is 0. The van der Waals surface area contributed by atoms with Crippen LogP contribution in [0.2, 0.25) is 10.0 Å². The average Bonchev–Trinajstić information content (AvgIpc) is 2.78. The Bertz CT molecular complexity index is 1450. The zero-order valence-corrected chi connectivity index (χ0v) is 17.2. The first-order valence-electron chi connectivity index (χ1n) is 9.31. The fourth-order valence-electron chi connectivity index (χ4n) is 3.28. The zero-order valence-electron chi connectivity index (χ0n) is 15.6. The lowest BCUT2D eigenvalue weighted by Crippen LogP contribution is -2.08. The highest BCUT2D eigenvalue weighted by atomic mass is 35.5. The Morgan fingerprint density at radius 2 is 1.63 bits per heavy atom. The number of hydrogen-bond donors (Lipinski definition) is 1. The van der Waals surface area contributed by atoms with Crippen LogP contribution in [-0.2, 0) is 0 Å². The number of para-hydroxylation sites is 1. The molecule has 0 aliphatic heterocycles. The average molecular weight is 432 g/mol. The fraction of sp³-hybridized carbons (Fsp3) is 0. The van der Waals surface area contributed by atoms with E-state index in [-0.39, 0.29) is 0 Å². The molecule has 0 atom stereocenters. The largest absolute Gasteiger partial charge is 0.454 e. The van der Waals surface area contributed by atoms with Crippen molar-refractivity contribution in [2.75, 3.05) is 5.43 Å². The molecule has 0 saturated heterocycles. The minimum atomic E-state index is 0.426. The van der Waals surface area contributed by atoms with Crippen LogP contribution in [0.4, 0.5) is 5.82 Å². The molecule has 2 heterocycles. The van der Waals surface area contributed by atoms with E-state index in [1.807, 2.05) is 72.8 Å². The molecule has 0 radical (unpaired) electrons. The molecular formula is C24H15Cl2N3O. The molecule has 0 fully saturated rings. The van der Waals surface area contributed by atoms with Crippen LogP contribution in [0.1, 0.15) is 0 Å². The molecule has 0 spiro atoms. The number of halogens is 2. The molecule has 5 rings (SSSR count). The van der Waals surface area contributed by atoms with Crippen LogP contribution in [0.3, 0.4) is 0 Å². The number of rotatable bonds is 3. The number of benzene rings is 3. The maximum atomic E-state index is 6.42. The van der Waals surface area contributed by atoms with Gasteiger partial charge in [0.15, 0.2) is 5.58 Å². The summed E-state index contributed by atoms with van der Waals surface area (Å²) in [7, 11) is 0. The zero-order chi connectivity index (χ0) is 20.5. The highest BCUT2D eigenvalue weighted by Gasteiger charge is 2.10. The highest BCUT2D eigenvalue weighted by Crippen LogP contribution is 2.29. The van der Waals surface area contributed by atoms with Gasteiger partial charge in [-0.15, -0.1) is 0 Å². The monoisotopic (exact) mass is 431 g/mol. The first-order chi connectivity index (χ1) is 14.7. The first-order valence-corrected chi connectivity index (χ1v) is 10.1. The Hall–Kier alpha value is -3.34. The Kier molecular flexibility index (Phi) is 4.87. The SMILES string of the molecule is Clc1cc(Cl)c2oc(-c3ccccc3)c/c(=N\Nc3ccc4ccccc4n3)c2c1. The Labute approximate surface area is 182 Å². The topological polar surface area (TPSA) is 50.4 Å². The number of pyridine rings is 1. The van der Waals surface area contributed by atoms with Gasteiger partial charge in [0.2, 0.25) is 0 Å². The fourth-order valence-corrected chi connectivity index (χ4v) is 3.81. The minimum absolute atomic E-state index is 0.426. The molecule has 3 aromatic carbocycles. The van der Waals surface area contributed by atoms with Crippen LogP contribution in [0.5, 0.6) is 0 Å². The van der Waals surface area contributed by atoms with E-state index in [0.717, 1.165) is 16.5 Å². The smallest absolute Gasteiger partial charge is 0.155 e. The lowest BCUT2D eigenvalue weighted by molar-refractivity contribution is 0.618. The van der Waals surface area contributed by atoms with E-state index in [1.165, 1.54) is 0 Å². The molecule has 0 saturated carbocycles. The molecule has 0 unspecified atom stereocenters. The standard InChI is InChI=1S/C24H15Cl2N3O/c25-17-12-18-21(28-29-23-11-10-15-6-4-5-9-20(15)27-23)14-22(16-7-2-1-3-8-16)30-24(18)19(26)13-17/h1-14H,(H,27,29)/b28-21+. The molecule has 6 heteroatoms. The number of nitrogens with one attached hydrogen (secondary N) is 1. The van der Waals surface area contributed by atoms with Crippen LogP contribution < -0.4 is 10.8 Å². The van der Waals surface area contributed by atoms with E-state index in [4.69, 9.17) is 27.6 Å². The van der Waals surface area contributed by atoms with Gasteiger partial charge in [-0.1, -0.05) is 71.7 Å². The van der Waals surface area contributed by atoms with Crippen molar-refractivity contribution in [2.45, 2.75) is 0 Å². The molecular weight excluding hydrogens is 417 g/mol. The van der Waals surface area contributed by atoms with Crippen molar-refractivity contribution in [1.29, 1.82) is 0 Å². The lowest BCUT2D eigenvalue weighted by Gasteiger charge is -2.07. The number of anilines is 1. The predicted molar refractivity (Wildman–Crippen MR) is 123 cm³/mol.